The Balaban J connectivity index is 2.07. The van der Waals surface area contributed by atoms with Gasteiger partial charge in [0, 0.05) is 30.4 Å². The number of hydrogen-bond acceptors (Lipinski definition) is 7. The van der Waals surface area contributed by atoms with Crippen LogP contribution in [0.25, 0.3) is 11.3 Å². The first kappa shape index (κ1) is 13.4. The number of thiazole rings is 1. The van der Waals surface area contributed by atoms with Crippen LogP contribution in [-0.4, -0.2) is 42.8 Å². The molecule has 0 spiro atoms. The summed E-state index contributed by atoms with van der Waals surface area (Å²) in [6.45, 7) is 0.436. The summed E-state index contributed by atoms with van der Waals surface area (Å²) in [5.74, 6) is -0.528. The van der Waals surface area contributed by atoms with E-state index >= 15 is 0 Å². The van der Waals surface area contributed by atoms with Crippen molar-refractivity contribution in [3.63, 3.8) is 0 Å². The molecule has 21 heavy (non-hydrogen) atoms. The Bertz CT molecular complexity index is 761. The van der Waals surface area contributed by atoms with E-state index in [2.05, 4.69) is 20.4 Å². The van der Waals surface area contributed by atoms with E-state index in [0.717, 1.165) is 10.6 Å². The molecule has 0 amide bonds. The molecule has 0 saturated carbocycles. The quantitative estimate of drug-likeness (QED) is 0.667. The molecule has 3 aromatic heterocycles. The molecule has 0 aliphatic heterocycles. The molecular weight excluding hydrogens is 292 g/mol. The number of carbonyl (C=O) groups is 1. The predicted octanol–water partition coefficient (Wildman–Crippen LogP) is 0.970. The van der Waals surface area contributed by atoms with Gasteiger partial charge in [-0.3, -0.25) is 4.68 Å². The van der Waals surface area contributed by atoms with Gasteiger partial charge >= 0.3 is 5.97 Å². The standard InChI is InChI=1S/C12H12N6O2S/c1-17-6-8(5-14-17)11-10(12(19)20-2)15-16-18(11)7-9-13-3-4-21-9/h3-6H,7H2,1-2H3. The first-order chi connectivity index (χ1) is 10.2. The van der Waals surface area contributed by atoms with Crippen molar-refractivity contribution in [3.05, 3.63) is 34.7 Å². The fourth-order valence-corrected chi connectivity index (χ4v) is 2.54. The summed E-state index contributed by atoms with van der Waals surface area (Å²) in [5.41, 5.74) is 1.49. The normalized spacial score (nSPS) is 10.8. The maximum Gasteiger partial charge on any atom is 0.360 e. The van der Waals surface area contributed by atoms with Gasteiger partial charge < -0.3 is 4.74 Å². The Morgan fingerprint density at radius 2 is 2.33 bits per heavy atom. The second-order valence-corrected chi connectivity index (χ2v) is 5.24. The van der Waals surface area contributed by atoms with Crippen LogP contribution in [0, 0.1) is 0 Å². The number of esters is 1. The fourth-order valence-electron chi connectivity index (χ4n) is 1.95. The molecule has 0 atom stereocenters. The van der Waals surface area contributed by atoms with Crippen LogP contribution in [0.15, 0.2) is 24.0 Å². The molecule has 0 bridgehead atoms. The van der Waals surface area contributed by atoms with Crippen molar-refractivity contribution in [2.45, 2.75) is 6.54 Å². The minimum Gasteiger partial charge on any atom is -0.464 e. The van der Waals surface area contributed by atoms with Gasteiger partial charge in [0.15, 0.2) is 5.69 Å². The number of methoxy groups -OCH3 is 1. The van der Waals surface area contributed by atoms with Crippen molar-refractivity contribution >= 4 is 17.3 Å². The predicted molar refractivity (Wildman–Crippen MR) is 74.8 cm³/mol. The Labute approximate surface area is 124 Å². The Morgan fingerprint density at radius 3 is 2.95 bits per heavy atom. The van der Waals surface area contributed by atoms with E-state index < -0.39 is 5.97 Å². The second-order valence-electron chi connectivity index (χ2n) is 4.26. The number of nitrogens with zero attached hydrogens (tertiary/aromatic N) is 6. The third-order valence-corrected chi connectivity index (χ3v) is 3.63. The van der Waals surface area contributed by atoms with Gasteiger partial charge in [0.25, 0.3) is 0 Å². The zero-order valence-electron chi connectivity index (χ0n) is 11.4. The van der Waals surface area contributed by atoms with Gasteiger partial charge in [-0.15, -0.1) is 16.4 Å². The summed E-state index contributed by atoms with van der Waals surface area (Å²) >= 11 is 1.51. The van der Waals surface area contributed by atoms with Gasteiger partial charge in [-0.1, -0.05) is 5.21 Å². The molecule has 0 radical (unpaired) electrons. The largest absolute Gasteiger partial charge is 0.464 e. The Morgan fingerprint density at radius 1 is 1.48 bits per heavy atom. The van der Waals surface area contributed by atoms with Gasteiger partial charge in [0.05, 0.1) is 19.9 Å². The third kappa shape index (κ3) is 2.55. The molecule has 0 saturated heterocycles. The van der Waals surface area contributed by atoms with Crippen LogP contribution in [0.4, 0.5) is 0 Å². The number of aryl methyl sites for hydroxylation is 1. The van der Waals surface area contributed by atoms with Crippen LogP contribution >= 0.6 is 11.3 Å². The van der Waals surface area contributed by atoms with Gasteiger partial charge in [0.2, 0.25) is 0 Å². The highest BCUT2D eigenvalue weighted by atomic mass is 32.1. The lowest BCUT2D eigenvalue weighted by Gasteiger charge is -2.04. The first-order valence-corrected chi connectivity index (χ1v) is 6.96. The summed E-state index contributed by atoms with van der Waals surface area (Å²) in [7, 11) is 3.12. The maximum absolute atomic E-state index is 11.9. The van der Waals surface area contributed by atoms with Crippen molar-refractivity contribution in [1.29, 1.82) is 0 Å². The lowest BCUT2D eigenvalue weighted by atomic mass is 10.2. The summed E-state index contributed by atoms with van der Waals surface area (Å²) in [6, 6.07) is 0. The number of rotatable bonds is 4. The summed E-state index contributed by atoms with van der Waals surface area (Å²) in [5, 5.41) is 14.9. The Hall–Kier alpha value is -2.55. The van der Waals surface area contributed by atoms with E-state index in [1.165, 1.54) is 18.4 Å². The zero-order valence-corrected chi connectivity index (χ0v) is 12.2. The number of ether oxygens (including phenoxy) is 1. The molecule has 0 fully saturated rings. The average molecular weight is 304 g/mol. The van der Waals surface area contributed by atoms with Crippen LogP contribution in [0.1, 0.15) is 15.5 Å². The molecule has 0 aliphatic rings. The topological polar surface area (TPSA) is 87.7 Å². The third-order valence-electron chi connectivity index (χ3n) is 2.86. The SMILES string of the molecule is COC(=O)c1nnn(Cc2nccs2)c1-c1cnn(C)c1. The molecule has 0 aromatic carbocycles. The van der Waals surface area contributed by atoms with E-state index in [-0.39, 0.29) is 5.69 Å². The fraction of sp³-hybridized carbons (Fsp3) is 0.250. The van der Waals surface area contributed by atoms with Gasteiger partial charge in [-0.25, -0.2) is 14.5 Å². The van der Waals surface area contributed by atoms with E-state index in [9.17, 15) is 4.79 Å². The second kappa shape index (κ2) is 5.44. The minimum atomic E-state index is -0.528. The molecule has 3 aromatic rings. The molecular formula is C12H12N6O2S. The van der Waals surface area contributed by atoms with Crippen molar-refractivity contribution < 1.29 is 9.53 Å². The van der Waals surface area contributed by atoms with Crippen LogP contribution in [0.5, 0.6) is 0 Å². The van der Waals surface area contributed by atoms with Crippen molar-refractivity contribution in [2.24, 2.45) is 7.05 Å². The van der Waals surface area contributed by atoms with E-state index in [0.29, 0.717) is 12.2 Å². The van der Waals surface area contributed by atoms with Crippen molar-refractivity contribution in [3.8, 4) is 11.3 Å². The molecule has 3 rings (SSSR count). The minimum absolute atomic E-state index is 0.169. The number of carbonyl (C=O) groups excluding carboxylic acids is 1. The molecule has 0 N–H and O–H groups in total. The van der Waals surface area contributed by atoms with Gasteiger partial charge in [-0.2, -0.15) is 5.10 Å². The molecule has 8 nitrogen and oxygen atoms in total. The monoisotopic (exact) mass is 304 g/mol. The lowest BCUT2D eigenvalue weighted by Crippen LogP contribution is -2.07. The zero-order chi connectivity index (χ0) is 14.8. The van der Waals surface area contributed by atoms with Gasteiger partial charge in [-0.05, 0) is 0 Å². The van der Waals surface area contributed by atoms with Crippen LogP contribution < -0.4 is 0 Å². The highest BCUT2D eigenvalue weighted by molar-refractivity contribution is 7.09. The van der Waals surface area contributed by atoms with Crippen LogP contribution in [0.3, 0.4) is 0 Å². The van der Waals surface area contributed by atoms with Crippen molar-refractivity contribution in [1.82, 2.24) is 29.8 Å². The van der Waals surface area contributed by atoms with E-state index in [4.69, 9.17) is 4.74 Å². The first-order valence-electron chi connectivity index (χ1n) is 6.08. The number of hydrogen-bond donors (Lipinski definition) is 0. The molecule has 0 unspecified atom stereocenters. The molecule has 0 aliphatic carbocycles. The summed E-state index contributed by atoms with van der Waals surface area (Å²) in [4.78, 5) is 16.1. The molecule has 108 valence electrons. The average Bonchev–Trinajstić information content (AvgIpc) is 3.19. The van der Waals surface area contributed by atoms with Crippen LogP contribution in [-0.2, 0) is 18.3 Å². The van der Waals surface area contributed by atoms with Gasteiger partial charge in [0.1, 0.15) is 10.7 Å². The highest BCUT2D eigenvalue weighted by Gasteiger charge is 2.23. The Kier molecular flexibility index (Phi) is 3.48. The lowest BCUT2D eigenvalue weighted by molar-refractivity contribution is 0.0595. The number of aromatic nitrogens is 6. The summed E-state index contributed by atoms with van der Waals surface area (Å²) < 4.78 is 8.04. The molecule has 9 heteroatoms. The van der Waals surface area contributed by atoms with Crippen molar-refractivity contribution in [2.75, 3.05) is 7.11 Å². The van der Waals surface area contributed by atoms with E-state index in [1.807, 2.05) is 5.38 Å². The summed E-state index contributed by atoms with van der Waals surface area (Å²) in [6.07, 6.45) is 5.18. The van der Waals surface area contributed by atoms with E-state index in [1.54, 1.807) is 35.0 Å². The van der Waals surface area contributed by atoms with Crippen LogP contribution in [0.2, 0.25) is 0 Å². The molecule has 3 heterocycles. The smallest absolute Gasteiger partial charge is 0.360 e. The highest BCUT2D eigenvalue weighted by Crippen LogP contribution is 2.23. The maximum atomic E-state index is 11.9.